The van der Waals surface area contributed by atoms with Crippen molar-refractivity contribution in [1.29, 1.82) is 0 Å². The van der Waals surface area contributed by atoms with Crippen LogP contribution in [-0.2, 0) is 0 Å². The van der Waals surface area contributed by atoms with E-state index in [0.717, 1.165) is 0 Å². The molecule has 0 radical (unpaired) electrons. The van der Waals surface area contributed by atoms with Gasteiger partial charge in [0.1, 0.15) is 0 Å². The van der Waals surface area contributed by atoms with E-state index in [-0.39, 0.29) is 5.78 Å². The van der Waals surface area contributed by atoms with Gasteiger partial charge in [-0.1, -0.05) is 6.58 Å². The highest BCUT2D eigenvalue weighted by atomic mass is 16.5. The maximum absolute atomic E-state index is 11.4. The molecule has 0 aliphatic rings. The third kappa shape index (κ3) is 2.86. The molecule has 1 rings (SSSR count). The van der Waals surface area contributed by atoms with Gasteiger partial charge >= 0.3 is 0 Å². The topological polar surface area (TPSA) is 35.5 Å². The number of rotatable bonds is 6. The van der Waals surface area contributed by atoms with Gasteiger partial charge in [0.25, 0.3) is 0 Å². The molecule has 0 unspecified atom stereocenters. The average Bonchev–Trinajstić information content (AvgIpc) is 2.31. The summed E-state index contributed by atoms with van der Waals surface area (Å²) >= 11 is 0. The van der Waals surface area contributed by atoms with E-state index < -0.39 is 0 Å². The number of ether oxygens (including phenoxy) is 2. The van der Waals surface area contributed by atoms with Gasteiger partial charge in [0.05, 0.1) is 13.2 Å². The Morgan fingerprint density at radius 1 is 1.25 bits per heavy atom. The van der Waals surface area contributed by atoms with Crippen molar-refractivity contribution < 1.29 is 14.3 Å². The molecule has 0 saturated heterocycles. The molecule has 0 bridgehead atoms. The summed E-state index contributed by atoms with van der Waals surface area (Å²) in [6.07, 6.45) is 1.28. The summed E-state index contributed by atoms with van der Waals surface area (Å²) in [5, 5.41) is 0. The fourth-order valence-corrected chi connectivity index (χ4v) is 1.32. The molecule has 0 atom stereocenters. The number of hydrogen-bond donors (Lipinski definition) is 0. The minimum absolute atomic E-state index is 0.121. The molecule has 0 fully saturated rings. The zero-order chi connectivity index (χ0) is 12.0. The van der Waals surface area contributed by atoms with Gasteiger partial charge < -0.3 is 9.47 Å². The van der Waals surface area contributed by atoms with Crippen molar-refractivity contribution in [3.63, 3.8) is 0 Å². The van der Waals surface area contributed by atoms with E-state index in [1.54, 1.807) is 18.2 Å². The summed E-state index contributed by atoms with van der Waals surface area (Å²) < 4.78 is 10.8. The molecule has 1 aromatic rings. The summed E-state index contributed by atoms with van der Waals surface area (Å²) in [6, 6.07) is 5.13. The van der Waals surface area contributed by atoms with E-state index in [0.29, 0.717) is 30.3 Å². The predicted molar refractivity (Wildman–Crippen MR) is 63.3 cm³/mol. The number of hydrogen-bond acceptors (Lipinski definition) is 3. The van der Waals surface area contributed by atoms with Crippen LogP contribution in [0, 0.1) is 0 Å². The second-order valence-corrected chi connectivity index (χ2v) is 3.10. The Labute approximate surface area is 95.7 Å². The van der Waals surface area contributed by atoms with Crippen LogP contribution in [0.25, 0.3) is 0 Å². The van der Waals surface area contributed by atoms with Gasteiger partial charge in [0.2, 0.25) is 0 Å². The highest BCUT2D eigenvalue weighted by molar-refractivity contribution is 6.04. The predicted octanol–water partition coefficient (Wildman–Crippen LogP) is 2.85. The molecule has 1 aromatic carbocycles. The third-order valence-electron chi connectivity index (χ3n) is 2.01. The molecule has 0 aliphatic carbocycles. The minimum Gasteiger partial charge on any atom is -0.490 e. The summed E-state index contributed by atoms with van der Waals surface area (Å²) in [4.78, 5) is 11.4. The van der Waals surface area contributed by atoms with Gasteiger partial charge in [-0.05, 0) is 38.1 Å². The van der Waals surface area contributed by atoms with Crippen molar-refractivity contribution in [3.8, 4) is 11.5 Å². The van der Waals surface area contributed by atoms with Gasteiger partial charge in [0, 0.05) is 5.56 Å². The van der Waals surface area contributed by atoms with Crippen molar-refractivity contribution in [2.45, 2.75) is 13.8 Å². The Bertz CT molecular complexity index is 383. The van der Waals surface area contributed by atoms with Crippen molar-refractivity contribution in [1.82, 2.24) is 0 Å². The largest absolute Gasteiger partial charge is 0.490 e. The van der Waals surface area contributed by atoms with Gasteiger partial charge in [-0.3, -0.25) is 4.79 Å². The second-order valence-electron chi connectivity index (χ2n) is 3.10. The molecule has 3 heteroatoms. The van der Waals surface area contributed by atoms with Crippen LogP contribution in [0.3, 0.4) is 0 Å². The first-order chi connectivity index (χ1) is 7.72. The summed E-state index contributed by atoms with van der Waals surface area (Å²) in [7, 11) is 0. The van der Waals surface area contributed by atoms with Crippen molar-refractivity contribution in [3.05, 3.63) is 36.4 Å². The molecule has 3 nitrogen and oxygen atoms in total. The van der Waals surface area contributed by atoms with E-state index in [9.17, 15) is 4.79 Å². The van der Waals surface area contributed by atoms with Crippen molar-refractivity contribution >= 4 is 5.78 Å². The third-order valence-corrected chi connectivity index (χ3v) is 2.01. The Kier molecular flexibility index (Phi) is 4.58. The molecule has 0 heterocycles. The van der Waals surface area contributed by atoms with E-state index in [2.05, 4.69) is 6.58 Å². The van der Waals surface area contributed by atoms with Crippen LogP contribution < -0.4 is 9.47 Å². The highest BCUT2D eigenvalue weighted by Crippen LogP contribution is 2.28. The molecule has 0 aromatic heterocycles. The van der Waals surface area contributed by atoms with Crippen molar-refractivity contribution in [2.24, 2.45) is 0 Å². The lowest BCUT2D eigenvalue weighted by Crippen LogP contribution is -2.01. The summed E-state index contributed by atoms with van der Waals surface area (Å²) in [5.41, 5.74) is 0.557. The zero-order valence-corrected chi connectivity index (χ0v) is 9.66. The van der Waals surface area contributed by atoms with E-state index in [4.69, 9.17) is 9.47 Å². The molecular formula is C13H16O3. The van der Waals surface area contributed by atoms with Gasteiger partial charge in [0.15, 0.2) is 17.3 Å². The van der Waals surface area contributed by atoms with Crippen LogP contribution in [0.15, 0.2) is 30.9 Å². The first-order valence-electron chi connectivity index (χ1n) is 5.29. The van der Waals surface area contributed by atoms with Crippen LogP contribution in [0.2, 0.25) is 0 Å². The number of benzene rings is 1. The number of carbonyl (C=O) groups is 1. The average molecular weight is 220 g/mol. The van der Waals surface area contributed by atoms with Gasteiger partial charge in [-0.2, -0.15) is 0 Å². The number of allylic oxidation sites excluding steroid dienone is 1. The molecule has 0 saturated carbocycles. The first-order valence-corrected chi connectivity index (χ1v) is 5.29. The van der Waals surface area contributed by atoms with Crippen LogP contribution >= 0.6 is 0 Å². The molecule has 86 valence electrons. The van der Waals surface area contributed by atoms with E-state index in [1.807, 2.05) is 13.8 Å². The lowest BCUT2D eigenvalue weighted by molar-refractivity contribution is 0.104. The highest BCUT2D eigenvalue weighted by Gasteiger charge is 2.08. The fourth-order valence-electron chi connectivity index (χ4n) is 1.32. The van der Waals surface area contributed by atoms with Crippen molar-refractivity contribution in [2.75, 3.05) is 13.2 Å². The Morgan fingerprint density at radius 2 is 1.88 bits per heavy atom. The normalized spacial score (nSPS) is 9.62. The minimum atomic E-state index is -0.121. The van der Waals surface area contributed by atoms with E-state index in [1.165, 1.54) is 6.08 Å². The van der Waals surface area contributed by atoms with Crippen LogP contribution in [0.1, 0.15) is 24.2 Å². The van der Waals surface area contributed by atoms with Crippen LogP contribution in [0.5, 0.6) is 11.5 Å². The Hall–Kier alpha value is -1.77. The molecule has 16 heavy (non-hydrogen) atoms. The molecule has 0 N–H and O–H groups in total. The maximum atomic E-state index is 11.4. The molecule has 0 spiro atoms. The Balaban J connectivity index is 3.05. The van der Waals surface area contributed by atoms with Crippen LogP contribution in [-0.4, -0.2) is 19.0 Å². The standard InChI is InChI=1S/C13H16O3/c1-4-11(14)10-7-8-12(15-5-2)13(9-10)16-6-3/h4,7-9H,1,5-6H2,2-3H3. The van der Waals surface area contributed by atoms with Crippen LogP contribution in [0.4, 0.5) is 0 Å². The summed E-state index contributed by atoms with van der Waals surface area (Å²) in [6.45, 7) is 8.34. The summed E-state index contributed by atoms with van der Waals surface area (Å²) in [5.74, 6) is 1.13. The van der Waals surface area contributed by atoms with Gasteiger partial charge in [-0.15, -0.1) is 0 Å². The molecule has 0 aliphatic heterocycles. The SMILES string of the molecule is C=CC(=O)c1ccc(OCC)c(OCC)c1. The first kappa shape index (κ1) is 12.3. The number of carbonyl (C=O) groups excluding carboxylic acids is 1. The second kappa shape index (κ2) is 5.95. The lowest BCUT2D eigenvalue weighted by Gasteiger charge is -2.11. The Morgan fingerprint density at radius 3 is 2.44 bits per heavy atom. The zero-order valence-electron chi connectivity index (χ0n) is 9.66. The molecular weight excluding hydrogens is 204 g/mol. The smallest absolute Gasteiger partial charge is 0.185 e. The maximum Gasteiger partial charge on any atom is 0.185 e. The van der Waals surface area contributed by atoms with Gasteiger partial charge in [-0.25, -0.2) is 0 Å². The quantitative estimate of drug-likeness (QED) is 0.546. The monoisotopic (exact) mass is 220 g/mol. The van der Waals surface area contributed by atoms with E-state index >= 15 is 0 Å². The fraction of sp³-hybridized carbons (Fsp3) is 0.308. The number of ketones is 1. The molecule has 0 amide bonds. The lowest BCUT2D eigenvalue weighted by atomic mass is 10.1.